The van der Waals surface area contributed by atoms with E-state index >= 15 is 0 Å². The topological polar surface area (TPSA) is 64.7 Å². The Bertz CT molecular complexity index is 712. The number of carbonyl (C=O) groups is 2. The maximum absolute atomic E-state index is 12.2. The fourth-order valence-corrected chi connectivity index (χ4v) is 3.17. The van der Waals surface area contributed by atoms with Gasteiger partial charge in [-0.15, -0.1) is 0 Å². The van der Waals surface area contributed by atoms with Crippen molar-refractivity contribution < 1.29 is 9.59 Å². The predicted molar refractivity (Wildman–Crippen MR) is 107 cm³/mol. The van der Waals surface area contributed by atoms with Crippen LogP contribution < -0.4 is 10.6 Å². The maximum atomic E-state index is 12.2. The van der Waals surface area contributed by atoms with Gasteiger partial charge in [-0.05, 0) is 54.2 Å². The third-order valence-electron chi connectivity index (χ3n) is 4.07. The molecule has 0 aliphatic carbocycles. The Kier molecular flexibility index (Phi) is 7.17. The van der Waals surface area contributed by atoms with Gasteiger partial charge in [-0.2, -0.15) is 11.3 Å². The van der Waals surface area contributed by atoms with Crippen molar-refractivity contribution in [2.45, 2.75) is 12.5 Å². The fraction of sp³-hybridized carbons (Fsp3) is 0.368. The van der Waals surface area contributed by atoms with Crippen LogP contribution >= 0.6 is 11.3 Å². The first kappa shape index (κ1) is 19.9. The fourth-order valence-electron chi connectivity index (χ4n) is 2.47. The van der Waals surface area contributed by atoms with Gasteiger partial charge in [-0.1, -0.05) is 12.1 Å². The van der Waals surface area contributed by atoms with Gasteiger partial charge in [-0.3, -0.25) is 4.79 Å². The van der Waals surface area contributed by atoms with Crippen LogP contribution in [0.4, 0.5) is 10.5 Å². The van der Waals surface area contributed by atoms with E-state index in [1.54, 1.807) is 42.5 Å². The average molecular weight is 375 g/mol. The molecule has 0 aliphatic rings. The van der Waals surface area contributed by atoms with E-state index in [1.807, 2.05) is 31.6 Å². The lowest BCUT2D eigenvalue weighted by atomic mass is 10.1. The number of carbonyl (C=O) groups excluding carboxylic acids is 2. The number of benzene rings is 1. The highest BCUT2D eigenvalue weighted by Gasteiger charge is 2.15. The van der Waals surface area contributed by atoms with Crippen molar-refractivity contribution in [3.63, 3.8) is 0 Å². The van der Waals surface area contributed by atoms with E-state index in [4.69, 9.17) is 0 Å². The second-order valence-electron chi connectivity index (χ2n) is 6.53. The Morgan fingerprint density at radius 2 is 1.77 bits per heavy atom. The molecular weight excluding hydrogens is 348 g/mol. The number of urea groups is 1. The van der Waals surface area contributed by atoms with E-state index in [9.17, 15) is 9.59 Å². The van der Waals surface area contributed by atoms with Crippen molar-refractivity contribution in [1.82, 2.24) is 15.1 Å². The molecule has 7 heteroatoms. The molecule has 0 fully saturated rings. The zero-order valence-corrected chi connectivity index (χ0v) is 16.5. The molecule has 3 amide bonds. The van der Waals surface area contributed by atoms with E-state index in [1.165, 1.54) is 5.56 Å². The van der Waals surface area contributed by atoms with Crippen LogP contribution in [0.15, 0.2) is 41.1 Å². The number of nitrogens with one attached hydrogen (secondary N) is 2. The van der Waals surface area contributed by atoms with Gasteiger partial charge in [0.25, 0.3) is 0 Å². The standard InChI is InChI=1S/C19H26N4O2S/c1-22(2)17(15-9-10-26-13-15)12-20-19(25)21-16-7-5-14(6-8-16)11-18(24)23(3)4/h5-10,13,17H,11-12H2,1-4H3,(H2,20,21,25)/t17-/m1/s1. The van der Waals surface area contributed by atoms with Crippen LogP contribution in [0.5, 0.6) is 0 Å². The van der Waals surface area contributed by atoms with Gasteiger partial charge < -0.3 is 20.4 Å². The summed E-state index contributed by atoms with van der Waals surface area (Å²) in [5.41, 5.74) is 2.80. The van der Waals surface area contributed by atoms with E-state index in [2.05, 4.69) is 27.0 Å². The van der Waals surface area contributed by atoms with Crippen LogP contribution in [-0.2, 0) is 11.2 Å². The summed E-state index contributed by atoms with van der Waals surface area (Å²) >= 11 is 1.65. The maximum Gasteiger partial charge on any atom is 0.319 e. The normalized spacial score (nSPS) is 11.9. The number of anilines is 1. The number of amides is 3. The first-order valence-electron chi connectivity index (χ1n) is 8.39. The summed E-state index contributed by atoms with van der Waals surface area (Å²) in [6.45, 7) is 0.519. The van der Waals surface area contributed by atoms with Gasteiger partial charge in [0.15, 0.2) is 0 Å². The molecule has 0 saturated heterocycles. The number of rotatable bonds is 7. The third kappa shape index (κ3) is 5.86. The molecule has 1 atom stereocenters. The Morgan fingerprint density at radius 1 is 1.08 bits per heavy atom. The number of hydrogen-bond acceptors (Lipinski definition) is 4. The van der Waals surface area contributed by atoms with Crippen molar-refractivity contribution in [3.8, 4) is 0 Å². The Labute approximate surface area is 158 Å². The number of hydrogen-bond donors (Lipinski definition) is 2. The second-order valence-corrected chi connectivity index (χ2v) is 7.31. The molecule has 0 unspecified atom stereocenters. The minimum absolute atomic E-state index is 0.0478. The molecule has 0 aliphatic heterocycles. The van der Waals surface area contributed by atoms with E-state index < -0.39 is 0 Å². The number of nitrogens with zero attached hydrogens (tertiary/aromatic N) is 2. The van der Waals surface area contributed by atoms with Crippen LogP contribution in [-0.4, -0.2) is 56.5 Å². The summed E-state index contributed by atoms with van der Waals surface area (Å²) in [5, 5.41) is 9.87. The van der Waals surface area contributed by atoms with Crippen LogP contribution in [0.3, 0.4) is 0 Å². The number of thiophene rings is 1. The molecule has 6 nitrogen and oxygen atoms in total. The van der Waals surface area contributed by atoms with Crippen LogP contribution in [0, 0.1) is 0 Å². The molecule has 0 bridgehead atoms. The van der Waals surface area contributed by atoms with Gasteiger partial charge in [0.05, 0.1) is 12.5 Å². The van der Waals surface area contributed by atoms with E-state index in [0.29, 0.717) is 18.7 Å². The molecular formula is C19H26N4O2S. The molecule has 0 spiro atoms. The Hall–Kier alpha value is -2.38. The lowest BCUT2D eigenvalue weighted by Crippen LogP contribution is -2.36. The molecule has 1 aromatic heterocycles. The highest BCUT2D eigenvalue weighted by Crippen LogP contribution is 2.20. The lowest BCUT2D eigenvalue weighted by molar-refractivity contribution is -0.127. The van der Waals surface area contributed by atoms with Crippen LogP contribution in [0.1, 0.15) is 17.2 Å². The summed E-state index contributed by atoms with van der Waals surface area (Å²) in [6.07, 6.45) is 0.352. The molecule has 2 N–H and O–H groups in total. The summed E-state index contributed by atoms with van der Waals surface area (Å²) in [7, 11) is 7.46. The van der Waals surface area contributed by atoms with Crippen molar-refractivity contribution in [2.75, 3.05) is 40.1 Å². The third-order valence-corrected chi connectivity index (χ3v) is 4.77. The summed E-state index contributed by atoms with van der Waals surface area (Å²) in [4.78, 5) is 27.5. The molecule has 0 saturated carbocycles. The zero-order chi connectivity index (χ0) is 19.1. The Balaban J connectivity index is 1.86. The molecule has 0 radical (unpaired) electrons. The minimum atomic E-state index is -0.246. The van der Waals surface area contributed by atoms with Crippen molar-refractivity contribution in [1.29, 1.82) is 0 Å². The van der Waals surface area contributed by atoms with Crippen LogP contribution in [0.2, 0.25) is 0 Å². The van der Waals surface area contributed by atoms with Gasteiger partial charge in [0.2, 0.25) is 5.91 Å². The van der Waals surface area contributed by atoms with E-state index in [0.717, 1.165) is 5.56 Å². The highest BCUT2D eigenvalue weighted by atomic mass is 32.1. The van der Waals surface area contributed by atoms with E-state index in [-0.39, 0.29) is 18.0 Å². The van der Waals surface area contributed by atoms with Gasteiger partial charge in [0.1, 0.15) is 0 Å². The van der Waals surface area contributed by atoms with Gasteiger partial charge in [-0.25, -0.2) is 4.79 Å². The lowest BCUT2D eigenvalue weighted by Gasteiger charge is -2.24. The SMILES string of the molecule is CN(C)C(=O)Cc1ccc(NC(=O)NC[C@H](c2ccsc2)N(C)C)cc1. The molecule has 2 rings (SSSR count). The minimum Gasteiger partial charge on any atom is -0.349 e. The van der Waals surface area contributed by atoms with Gasteiger partial charge >= 0.3 is 6.03 Å². The quantitative estimate of drug-likeness (QED) is 0.783. The monoisotopic (exact) mass is 374 g/mol. The predicted octanol–water partition coefficient (Wildman–Crippen LogP) is 2.80. The molecule has 1 aromatic carbocycles. The van der Waals surface area contributed by atoms with Crippen molar-refractivity contribution >= 4 is 29.0 Å². The summed E-state index contributed by atoms with van der Waals surface area (Å²) in [6, 6.07) is 9.27. The average Bonchev–Trinajstić information content (AvgIpc) is 3.10. The van der Waals surface area contributed by atoms with Crippen molar-refractivity contribution in [3.05, 3.63) is 52.2 Å². The molecule has 2 aromatic rings. The first-order valence-corrected chi connectivity index (χ1v) is 9.33. The number of likely N-dealkylation sites (N-methyl/N-ethyl adjacent to an activating group) is 2. The van der Waals surface area contributed by atoms with Crippen LogP contribution in [0.25, 0.3) is 0 Å². The molecule has 140 valence electrons. The molecule has 1 heterocycles. The van der Waals surface area contributed by atoms with Gasteiger partial charge in [0, 0.05) is 26.3 Å². The summed E-state index contributed by atoms with van der Waals surface area (Å²) < 4.78 is 0. The first-order chi connectivity index (χ1) is 12.4. The highest BCUT2D eigenvalue weighted by molar-refractivity contribution is 7.07. The Morgan fingerprint density at radius 3 is 2.31 bits per heavy atom. The van der Waals surface area contributed by atoms with Crippen molar-refractivity contribution in [2.24, 2.45) is 0 Å². The summed E-state index contributed by atoms with van der Waals surface area (Å²) in [5.74, 6) is 0.0478. The smallest absolute Gasteiger partial charge is 0.319 e. The largest absolute Gasteiger partial charge is 0.349 e. The zero-order valence-electron chi connectivity index (χ0n) is 15.7. The second kappa shape index (κ2) is 9.35. The molecule has 26 heavy (non-hydrogen) atoms.